The number of halogens is 1. The molecule has 0 aliphatic carbocycles. The Morgan fingerprint density at radius 2 is 1.50 bits per heavy atom. The Morgan fingerprint density at radius 3 is 2.11 bits per heavy atom. The van der Waals surface area contributed by atoms with Gasteiger partial charge in [-0.05, 0) is 23.8 Å². The van der Waals surface area contributed by atoms with E-state index in [1.54, 1.807) is 0 Å². The zero-order valence-electron chi connectivity index (χ0n) is 15.8. The van der Waals surface area contributed by atoms with E-state index >= 15 is 0 Å². The standard InChI is InChI=1S/C20H24ClN5O2/c21-17-4-2-1-3-16(17)15-20(27)26-9-7-24(8-10-26)18-5-6-19(23-22-18)25-11-13-28-14-12-25/h1-6H,7-15H2. The van der Waals surface area contributed by atoms with E-state index in [-0.39, 0.29) is 5.91 Å². The van der Waals surface area contributed by atoms with Crippen molar-refractivity contribution in [3.05, 3.63) is 47.0 Å². The molecule has 2 aliphatic heterocycles. The van der Waals surface area contributed by atoms with Gasteiger partial charge in [-0.1, -0.05) is 29.8 Å². The number of piperazine rings is 1. The number of aromatic nitrogens is 2. The predicted octanol–water partition coefficient (Wildman–Crippen LogP) is 1.86. The maximum absolute atomic E-state index is 12.6. The molecule has 0 N–H and O–H groups in total. The maximum Gasteiger partial charge on any atom is 0.227 e. The summed E-state index contributed by atoms with van der Waals surface area (Å²) in [5.41, 5.74) is 0.876. The van der Waals surface area contributed by atoms with Crippen LogP contribution in [0.3, 0.4) is 0 Å². The Balaban J connectivity index is 1.31. The third-order valence-corrected chi connectivity index (χ3v) is 5.60. The average Bonchev–Trinajstić information content (AvgIpc) is 2.76. The van der Waals surface area contributed by atoms with E-state index in [0.717, 1.165) is 56.6 Å². The second-order valence-corrected chi connectivity index (χ2v) is 7.39. The normalized spacial score (nSPS) is 17.7. The lowest BCUT2D eigenvalue weighted by Gasteiger charge is -2.35. The lowest BCUT2D eigenvalue weighted by Crippen LogP contribution is -2.49. The zero-order valence-corrected chi connectivity index (χ0v) is 16.5. The van der Waals surface area contributed by atoms with E-state index < -0.39 is 0 Å². The number of carbonyl (C=O) groups excluding carboxylic acids is 1. The number of carbonyl (C=O) groups is 1. The van der Waals surface area contributed by atoms with Crippen molar-refractivity contribution >= 4 is 29.1 Å². The van der Waals surface area contributed by atoms with Crippen LogP contribution in [-0.4, -0.2) is 73.5 Å². The van der Waals surface area contributed by atoms with E-state index in [1.165, 1.54) is 0 Å². The monoisotopic (exact) mass is 401 g/mol. The lowest BCUT2D eigenvalue weighted by molar-refractivity contribution is -0.130. The zero-order chi connectivity index (χ0) is 19.3. The first-order valence-electron chi connectivity index (χ1n) is 9.63. The molecule has 2 aromatic rings. The maximum atomic E-state index is 12.6. The van der Waals surface area contributed by atoms with Crippen molar-refractivity contribution in [2.45, 2.75) is 6.42 Å². The molecule has 0 saturated carbocycles. The van der Waals surface area contributed by atoms with Crippen molar-refractivity contribution in [1.82, 2.24) is 15.1 Å². The molecule has 0 atom stereocenters. The molecule has 0 unspecified atom stereocenters. The number of nitrogens with zero attached hydrogens (tertiary/aromatic N) is 5. The summed E-state index contributed by atoms with van der Waals surface area (Å²) in [6.45, 7) is 6.01. The second-order valence-electron chi connectivity index (χ2n) is 6.99. The van der Waals surface area contributed by atoms with Gasteiger partial charge in [-0.25, -0.2) is 0 Å². The predicted molar refractivity (Wildman–Crippen MR) is 109 cm³/mol. The van der Waals surface area contributed by atoms with Crippen LogP contribution in [-0.2, 0) is 16.0 Å². The van der Waals surface area contributed by atoms with Crippen LogP contribution >= 0.6 is 11.6 Å². The number of rotatable bonds is 4. The Bertz CT molecular complexity index is 802. The summed E-state index contributed by atoms with van der Waals surface area (Å²) in [6, 6.07) is 11.5. The van der Waals surface area contributed by atoms with Crippen molar-refractivity contribution in [3.8, 4) is 0 Å². The van der Waals surface area contributed by atoms with E-state index in [1.807, 2.05) is 41.3 Å². The molecule has 8 heteroatoms. The van der Waals surface area contributed by atoms with Gasteiger partial charge in [0, 0.05) is 44.3 Å². The van der Waals surface area contributed by atoms with Crippen LogP contribution in [0.2, 0.25) is 5.02 Å². The summed E-state index contributed by atoms with van der Waals surface area (Å²) < 4.78 is 5.38. The molecule has 0 spiro atoms. The number of hydrogen-bond acceptors (Lipinski definition) is 6. The largest absolute Gasteiger partial charge is 0.378 e. The first-order valence-corrected chi connectivity index (χ1v) is 10.0. The molecule has 4 rings (SSSR count). The molecule has 2 fully saturated rings. The van der Waals surface area contributed by atoms with Crippen LogP contribution < -0.4 is 9.80 Å². The van der Waals surface area contributed by atoms with Crippen LogP contribution in [0.4, 0.5) is 11.6 Å². The van der Waals surface area contributed by atoms with E-state index in [9.17, 15) is 4.79 Å². The summed E-state index contributed by atoms with van der Waals surface area (Å²) in [7, 11) is 0. The van der Waals surface area contributed by atoms with Gasteiger partial charge in [0.2, 0.25) is 5.91 Å². The SMILES string of the molecule is O=C(Cc1ccccc1Cl)N1CCN(c2ccc(N3CCOCC3)nn2)CC1. The van der Waals surface area contributed by atoms with E-state index in [2.05, 4.69) is 20.0 Å². The van der Waals surface area contributed by atoms with Crippen molar-refractivity contribution in [2.24, 2.45) is 0 Å². The molecule has 1 amide bonds. The van der Waals surface area contributed by atoms with Gasteiger partial charge in [-0.3, -0.25) is 4.79 Å². The average molecular weight is 402 g/mol. The summed E-state index contributed by atoms with van der Waals surface area (Å²) in [4.78, 5) is 18.8. The van der Waals surface area contributed by atoms with Gasteiger partial charge in [-0.2, -0.15) is 0 Å². The van der Waals surface area contributed by atoms with Crippen LogP contribution in [0.5, 0.6) is 0 Å². The van der Waals surface area contributed by atoms with Crippen molar-refractivity contribution in [1.29, 1.82) is 0 Å². The molecule has 2 aliphatic rings. The van der Waals surface area contributed by atoms with Gasteiger partial charge in [-0.15, -0.1) is 10.2 Å². The molecule has 7 nitrogen and oxygen atoms in total. The number of amides is 1. The fourth-order valence-corrected chi connectivity index (χ4v) is 3.75. The minimum atomic E-state index is 0.112. The molecular formula is C20H24ClN5O2. The highest BCUT2D eigenvalue weighted by Gasteiger charge is 2.23. The molecule has 0 bridgehead atoms. The summed E-state index contributed by atoms with van der Waals surface area (Å²) in [5, 5.41) is 9.42. The Labute approximate surface area is 169 Å². The molecule has 148 valence electrons. The number of benzene rings is 1. The van der Waals surface area contributed by atoms with Gasteiger partial charge >= 0.3 is 0 Å². The van der Waals surface area contributed by atoms with Crippen molar-refractivity contribution in [2.75, 3.05) is 62.3 Å². The quantitative estimate of drug-likeness (QED) is 0.779. The third-order valence-electron chi connectivity index (χ3n) is 5.23. The summed E-state index contributed by atoms with van der Waals surface area (Å²) >= 11 is 6.17. The van der Waals surface area contributed by atoms with Gasteiger partial charge < -0.3 is 19.4 Å². The van der Waals surface area contributed by atoms with E-state index in [4.69, 9.17) is 16.3 Å². The molecular weight excluding hydrogens is 378 g/mol. The number of hydrogen-bond donors (Lipinski definition) is 0. The molecule has 1 aromatic heterocycles. The smallest absolute Gasteiger partial charge is 0.227 e. The lowest BCUT2D eigenvalue weighted by atomic mass is 10.1. The number of ether oxygens (including phenoxy) is 1. The number of morpholine rings is 1. The first-order chi connectivity index (χ1) is 13.7. The van der Waals surface area contributed by atoms with E-state index in [0.29, 0.717) is 24.5 Å². The van der Waals surface area contributed by atoms with Crippen molar-refractivity contribution in [3.63, 3.8) is 0 Å². The first kappa shape index (κ1) is 19.0. The fraction of sp³-hybridized carbons (Fsp3) is 0.450. The Kier molecular flexibility index (Phi) is 5.92. The minimum absolute atomic E-state index is 0.112. The highest BCUT2D eigenvalue weighted by Crippen LogP contribution is 2.19. The third kappa shape index (κ3) is 4.36. The topological polar surface area (TPSA) is 61.8 Å². The Hall–Kier alpha value is -2.38. The number of anilines is 2. The molecule has 28 heavy (non-hydrogen) atoms. The van der Waals surface area contributed by atoms with Gasteiger partial charge in [0.05, 0.1) is 19.6 Å². The summed E-state index contributed by atoms with van der Waals surface area (Å²) in [6.07, 6.45) is 0.341. The molecule has 1 aromatic carbocycles. The Morgan fingerprint density at radius 1 is 0.893 bits per heavy atom. The second kappa shape index (κ2) is 8.75. The molecule has 2 saturated heterocycles. The summed E-state index contributed by atoms with van der Waals surface area (Å²) in [5.74, 6) is 1.86. The van der Waals surface area contributed by atoms with Crippen LogP contribution in [0.15, 0.2) is 36.4 Å². The van der Waals surface area contributed by atoms with Crippen LogP contribution in [0.25, 0.3) is 0 Å². The van der Waals surface area contributed by atoms with Gasteiger partial charge in [0.25, 0.3) is 0 Å². The highest BCUT2D eigenvalue weighted by molar-refractivity contribution is 6.31. The minimum Gasteiger partial charge on any atom is -0.378 e. The van der Waals surface area contributed by atoms with Gasteiger partial charge in [0.1, 0.15) is 0 Å². The van der Waals surface area contributed by atoms with Crippen molar-refractivity contribution < 1.29 is 9.53 Å². The fourth-order valence-electron chi connectivity index (χ4n) is 3.55. The highest BCUT2D eigenvalue weighted by atomic mass is 35.5. The molecule has 3 heterocycles. The van der Waals surface area contributed by atoms with Gasteiger partial charge in [0.15, 0.2) is 11.6 Å². The molecule has 0 radical (unpaired) electrons. The van der Waals surface area contributed by atoms with Crippen LogP contribution in [0, 0.1) is 0 Å². The van der Waals surface area contributed by atoms with Crippen LogP contribution in [0.1, 0.15) is 5.56 Å².